The minimum atomic E-state index is -0.0842. The second-order valence-electron chi connectivity index (χ2n) is 6.71. The lowest BCUT2D eigenvalue weighted by Gasteiger charge is -2.21. The molecule has 0 aliphatic heterocycles. The lowest BCUT2D eigenvalue weighted by molar-refractivity contribution is 0.564. The Bertz CT molecular complexity index is 685. The van der Waals surface area contributed by atoms with Gasteiger partial charge < -0.3 is 5.73 Å². The maximum Gasteiger partial charge on any atom is 0.162 e. The van der Waals surface area contributed by atoms with Gasteiger partial charge in [-0.15, -0.1) is 0 Å². The highest BCUT2D eigenvalue weighted by atomic mass is 79.9. The van der Waals surface area contributed by atoms with Crippen LogP contribution in [0.4, 0.5) is 5.82 Å². The van der Waals surface area contributed by atoms with Crippen LogP contribution in [0.5, 0.6) is 0 Å². The van der Waals surface area contributed by atoms with Gasteiger partial charge in [-0.25, -0.2) is 9.97 Å². The minimum absolute atomic E-state index is 0.0842. The monoisotopic (exact) mass is 345 g/mol. The summed E-state index contributed by atoms with van der Waals surface area (Å²) in [6.45, 7) is 6.41. The second-order valence-corrected chi connectivity index (χ2v) is 7.50. The van der Waals surface area contributed by atoms with Gasteiger partial charge >= 0.3 is 0 Å². The molecule has 0 unspecified atom stereocenters. The molecule has 1 saturated carbocycles. The summed E-state index contributed by atoms with van der Waals surface area (Å²) >= 11 is 3.53. The second kappa shape index (κ2) is 5.09. The molecule has 0 bridgehead atoms. The van der Waals surface area contributed by atoms with Crippen molar-refractivity contribution in [1.29, 1.82) is 0 Å². The number of nitrogens with two attached hydrogens (primary N) is 1. The zero-order valence-corrected chi connectivity index (χ0v) is 14.2. The van der Waals surface area contributed by atoms with Gasteiger partial charge in [0.05, 0.1) is 10.2 Å². The van der Waals surface area contributed by atoms with Crippen LogP contribution in [0, 0.1) is 0 Å². The molecule has 1 aromatic heterocycles. The van der Waals surface area contributed by atoms with Gasteiger partial charge in [0.1, 0.15) is 5.82 Å². The van der Waals surface area contributed by atoms with Crippen LogP contribution >= 0.6 is 15.9 Å². The van der Waals surface area contributed by atoms with E-state index < -0.39 is 0 Å². The summed E-state index contributed by atoms with van der Waals surface area (Å²) in [4.78, 5) is 9.32. The standard InChI is InChI=1S/C17H20BrN3/c1-17(2,3)14-13(18)15(19)21-16(20-14)12-7-5-4-6-11(12)10-8-9-10/h4-7,10H,8-9H2,1-3H3,(H2,19,20,21). The molecule has 1 aromatic carbocycles. The molecule has 3 rings (SSSR count). The predicted octanol–water partition coefficient (Wildman–Crippen LogP) is 4.66. The van der Waals surface area contributed by atoms with Crippen molar-refractivity contribution in [3.05, 3.63) is 40.0 Å². The average Bonchev–Trinajstić information content (AvgIpc) is 3.25. The van der Waals surface area contributed by atoms with Crippen molar-refractivity contribution in [3.8, 4) is 11.4 Å². The number of nitrogen functional groups attached to an aromatic ring is 1. The summed E-state index contributed by atoms with van der Waals surface area (Å²) in [6, 6.07) is 8.41. The van der Waals surface area contributed by atoms with E-state index in [1.807, 2.05) is 6.07 Å². The van der Waals surface area contributed by atoms with Gasteiger partial charge in [0.25, 0.3) is 0 Å². The lowest BCUT2D eigenvalue weighted by Crippen LogP contribution is -2.17. The van der Waals surface area contributed by atoms with Crippen molar-refractivity contribution < 1.29 is 0 Å². The maximum absolute atomic E-state index is 6.10. The van der Waals surface area contributed by atoms with E-state index in [4.69, 9.17) is 10.7 Å². The molecule has 4 heteroatoms. The highest BCUT2D eigenvalue weighted by Gasteiger charge is 2.28. The van der Waals surface area contributed by atoms with Gasteiger partial charge in [-0.2, -0.15) is 0 Å². The molecule has 21 heavy (non-hydrogen) atoms. The summed E-state index contributed by atoms with van der Waals surface area (Å²) in [6.07, 6.45) is 2.52. The third kappa shape index (κ3) is 2.82. The first-order valence-electron chi connectivity index (χ1n) is 7.30. The average molecular weight is 346 g/mol. The molecular weight excluding hydrogens is 326 g/mol. The molecule has 1 fully saturated rings. The fraction of sp³-hybridized carbons (Fsp3) is 0.412. The van der Waals surface area contributed by atoms with Crippen LogP contribution in [0.3, 0.4) is 0 Å². The SMILES string of the molecule is CC(C)(C)c1nc(-c2ccccc2C2CC2)nc(N)c1Br. The Balaban J connectivity index is 2.18. The number of halogens is 1. The molecular formula is C17H20BrN3. The van der Waals surface area contributed by atoms with Crippen LogP contribution in [-0.4, -0.2) is 9.97 Å². The summed E-state index contributed by atoms with van der Waals surface area (Å²) in [5.41, 5.74) is 9.43. The van der Waals surface area contributed by atoms with Crippen LogP contribution in [0.25, 0.3) is 11.4 Å². The Hall–Kier alpha value is -1.42. The molecule has 0 spiro atoms. The minimum Gasteiger partial charge on any atom is -0.383 e. The molecule has 1 aliphatic rings. The largest absolute Gasteiger partial charge is 0.383 e. The fourth-order valence-corrected chi connectivity index (χ4v) is 3.30. The van der Waals surface area contributed by atoms with E-state index in [1.165, 1.54) is 18.4 Å². The van der Waals surface area contributed by atoms with Crippen molar-refractivity contribution >= 4 is 21.7 Å². The van der Waals surface area contributed by atoms with E-state index in [9.17, 15) is 0 Å². The van der Waals surface area contributed by atoms with Crippen LogP contribution in [0.1, 0.15) is 50.8 Å². The first-order valence-corrected chi connectivity index (χ1v) is 8.10. The molecule has 0 atom stereocenters. The predicted molar refractivity (Wildman–Crippen MR) is 90.3 cm³/mol. The molecule has 2 N–H and O–H groups in total. The van der Waals surface area contributed by atoms with Gasteiger partial charge in [0.15, 0.2) is 5.82 Å². The van der Waals surface area contributed by atoms with E-state index in [0.717, 1.165) is 21.6 Å². The topological polar surface area (TPSA) is 51.8 Å². The highest BCUT2D eigenvalue weighted by Crippen LogP contribution is 2.44. The normalized spacial score (nSPS) is 15.2. The third-order valence-electron chi connectivity index (χ3n) is 3.81. The first kappa shape index (κ1) is 14.5. The number of aromatic nitrogens is 2. The summed E-state index contributed by atoms with van der Waals surface area (Å²) < 4.78 is 0.808. The molecule has 0 radical (unpaired) electrons. The summed E-state index contributed by atoms with van der Waals surface area (Å²) in [5.74, 6) is 1.91. The van der Waals surface area contributed by atoms with Crippen LogP contribution in [-0.2, 0) is 5.41 Å². The lowest BCUT2D eigenvalue weighted by atomic mass is 9.91. The number of anilines is 1. The van der Waals surface area contributed by atoms with Crippen LogP contribution in [0.15, 0.2) is 28.7 Å². The molecule has 2 aromatic rings. The Morgan fingerprint density at radius 3 is 2.43 bits per heavy atom. The number of benzene rings is 1. The van der Waals surface area contributed by atoms with Gasteiger partial charge in [0.2, 0.25) is 0 Å². The van der Waals surface area contributed by atoms with Crippen molar-refractivity contribution in [1.82, 2.24) is 9.97 Å². The van der Waals surface area contributed by atoms with Gasteiger partial charge in [-0.1, -0.05) is 45.0 Å². The summed E-state index contributed by atoms with van der Waals surface area (Å²) in [7, 11) is 0. The molecule has 110 valence electrons. The Kier molecular flexibility index (Phi) is 3.52. The Morgan fingerprint density at radius 1 is 1.14 bits per heavy atom. The van der Waals surface area contributed by atoms with Crippen molar-refractivity contribution in [3.63, 3.8) is 0 Å². The molecule has 1 aliphatic carbocycles. The molecule has 1 heterocycles. The van der Waals surface area contributed by atoms with E-state index in [1.54, 1.807) is 0 Å². The number of nitrogens with zero attached hydrogens (tertiary/aromatic N) is 2. The molecule has 3 nitrogen and oxygen atoms in total. The quantitative estimate of drug-likeness (QED) is 0.860. The van der Waals surface area contributed by atoms with E-state index in [2.05, 4.69) is 59.9 Å². The zero-order chi connectivity index (χ0) is 15.2. The van der Waals surface area contributed by atoms with Gasteiger partial charge in [-0.05, 0) is 40.3 Å². The Morgan fingerprint density at radius 2 is 1.81 bits per heavy atom. The van der Waals surface area contributed by atoms with Gasteiger partial charge in [-0.3, -0.25) is 0 Å². The van der Waals surface area contributed by atoms with Crippen LogP contribution in [0.2, 0.25) is 0 Å². The van der Waals surface area contributed by atoms with Gasteiger partial charge in [0, 0.05) is 11.0 Å². The molecule has 0 amide bonds. The van der Waals surface area contributed by atoms with Crippen molar-refractivity contribution in [2.45, 2.75) is 44.9 Å². The summed E-state index contributed by atoms with van der Waals surface area (Å²) in [5, 5.41) is 0. The van der Waals surface area contributed by atoms with Crippen molar-refractivity contribution in [2.75, 3.05) is 5.73 Å². The van der Waals surface area contributed by atoms with Crippen LogP contribution < -0.4 is 5.73 Å². The van der Waals surface area contributed by atoms with Crippen molar-refractivity contribution in [2.24, 2.45) is 0 Å². The van der Waals surface area contributed by atoms with E-state index >= 15 is 0 Å². The Labute approximate surface area is 134 Å². The molecule has 0 saturated heterocycles. The number of hydrogen-bond acceptors (Lipinski definition) is 3. The zero-order valence-electron chi connectivity index (χ0n) is 12.7. The maximum atomic E-state index is 6.10. The van der Waals surface area contributed by atoms with E-state index in [-0.39, 0.29) is 5.41 Å². The van der Waals surface area contributed by atoms with E-state index in [0.29, 0.717) is 11.7 Å². The first-order chi connectivity index (χ1) is 9.88. The highest BCUT2D eigenvalue weighted by molar-refractivity contribution is 9.10. The number of rotatable bonds is 2. The fourth-order valence-electron chi connectivity index (χ4n) is 2.53. The smallest absolute Gasteiger partial charge is 0.162 e. The number of hydrogen-bond donors (Lipinski definition) is 1. The third-order valence-corrected chi connectivity index (χ3v) is 4.59.